The summed E-state index contributed by atoms with van der Waals surface area (Å²) in [5.41, 5.74) is 1.20. The topological polar surface area (TPSA) is 37.8 Å². The lowest BCUT2D eigenvalue weighted by molar-refractivity contribution is 0.550. The molecule has 1 N–H and O–H groups in total. The minimum Gasteiger partial charge on any atom is -0.312 e. The lowest BCUT2D eigenvalue weighted by Crippen LogP contribution is -2.19. The molecular formula is C14H18ClN3S2. The molecule has 0 bridgehead atoms. The molecule has 0 radical (unpaired) electrons. The molecule has 0 fully saturated rings. The summed E-state index contributed by atoms with van der Waals surface area (Å²) in [4.78, 5) is 5.46. The average Bonchev–Trinajstić information content (AvgIpc) is 2.78. The third-order valence-corrected chi connectivity index (χ3v) is 5.07. The van der Waals surface area contributed by atoms with Gasteiger partial charge in [0, 0.05) is 11.4 Å². The van der Waals surface area contributed by atoms with Crippen molar-refractivity contribution in [3.63, 3.8) is 0 Å². The van der Waals surface area contributed by atoms with E-state index in [2.05, 4.69) is 34.6 Å². The highest BCUT2D eigenvalue weighted by atomic mass is 35.5. The van der Waals surface area contributed by atoms with E-state index in [-0.39, 0.29) is 0 Å². The van der Waals surface area contributed by atoms with Gasteiger partial charge >= 0.3 is 0 Å². The zero-order valence-electron chi connectivity index (χ0n) is 11.8. The van der Waals surface area contributed by atoms with Crippen molar-refractivity contribution in [2.45, 2.75) is 36.6 Å². The summed E-state index contributed by atoms with van der Waals surface area (Å²) in [6.45, 7) is 8.11. The summed E-state index contributed by atoms with van der Waals surface area (Å²) in [6, 6.07) is 6.02. The molecule has 20 heavy (non-hydrogen) atoms. The first-order valence-corrected chi connectivity index (χ1v) is 8.49. The van der Waals surface area contributed by atoms with Crippen LogP contribution in [0.1, 0.15) is 25.2 Å². The molecule has 0 saturated carbocycles. The van der Waals surface area contributed by atoms with Crippen molar-refractivity contribution in [3.05, 3.63) is 34.6 Å². The molecule has 0 aliphatic heterocycles. The summed E-state index contributed by atoms with van der Waals surface area (Å²) in [7, 11) is 0. The number of benzene rings is 1. The van der Waals surface area contributed by atoms with E-state index in [1.54, 1.807) is 11.8 Å². The quantitative estimate of drug-likeness (QED) is 0.853. The molecule has 2 aromatic rings. The third-order valence-electron chi connectivity index (χ3n) is 2.61. The minimum absolute atomic E-state index is 0.635. The lowest BCUT2D eigenvalue weighted by Gasteiger charge is -2.12. The fraction of sp³-hybridized carbons (Fsp3) is 0.429. The zero-order valence-corrected chi connectivity index (χ0v) is 14.2. The maximum absolute atomic E-state index is 6.34. The third kappa shape index (κ3) is 4.45. The number of nitrogens with zero attached hydrogens (tertiary/aromatic N) is 2. The molecule has 1 aromatic heterocycles. The van der Waals surface area contributed by atoms with Crippen molar-refractivity contribution >= 4 is 34.9 Å². The maximum atomic E-state index is 6.34. The smallest absolute Gasteiger partial charge is 0.174 e. The molecule has 3 nitrogen and oxygen atoms in total. The van der Waals surface area contributed by atoms with E-state index in [1.807, 2.05) is 19.1 Å². The highest BCUT2D eigenvalue weighted by Gasteiger charge is 2.11. The van der Waals surface area contributed by atoms with E-state index in [0.717, 1.165) is 33.2 Å². The largest absolute Gasteiger partial charge is 0.312 e. The Labute approximate surface area is 133 Å². The van der Waals surface area contributed by atoms with Crippen LogP contribution in [0.5, 0.6) is 0 Å². The summed E-state index contributed by atoms with van der Waals surface area (Å²) >= 11 is 9.34. The van der Waals surface area contributed by atoms with Crippen LogP contribution in [0.15, 0.2) is 27.4 Å². The number of hydrogen-bond acceptors (Lipinski definition) is 5. The van der Waals surface area contributed by atoms with E-state index in [1.165, 1.54) is 17.1 Å². The van der Waals surface area contributed by atoms with Crippen LogP contribution >= 0.6 is 34.9 Å². The molecule has 0 amide bonds. The summed E-state index contributed by atoms with van der Waals surface area (Å²) in [5.74, 6) is 1.44. The first-order valence-electron chi connectivity index (χ1n) is 6.52. The molecule has 0 unspecified atom stereocenters. The second-order valence-corrected chi connectivity index (χ2v) is 7.38. The Hall–Kier alpha value is -0.620. The Kier molecular flexibility index (Phi) is 5.84. The minimum atomic E-state index is 0.635. The van der Waals surface area contributed by atoms with Crippen molar-refractivity contribution < 1.29 is 0 Å². The predicted octanol–water partition coefficient (Wildman–Crippen LogP) is 4.40. The Morgan fingerprint density at radius 2 is 2.20 bits per heavy atom. The highest BCUT2D eigenvalue weighted by Crippen LogP contribution is 2.36. The molecule has 0 atom stereocenters. The van der Waals surface area contributed by atoms with Crippen LogP contribution in [-0.4, -0.2) is 15.9 Å². The molecular weight excluding hydrogens is 310 g/mol. The van der Waals surface area contributed by atoms with Crippen molar-refractivity contribution in [2.24, 2.45) is 5.92 Å². The van der Waals surface area contributed by atoms with Crippen LogP contribution in [-0.2, 0) is 6.54 Å². The number of aromatic nitrogens is 2. The number of aryl methyl sites for hydroxylation is 1. The Morgan fingerprint density at radius 3 is 2.85 bits per heavy atom. The van der Waals surface area contributed by atoms with E-state index >= 15 is 0 Å². The second kappa shape index (κ2) is 7.41. The van der Waals surface area contributed by atoms with E-state index in [4.69, 9.17) is 11.6 Å². The molecule has 1 heterocycles. The Balaban J connectivity index is 2.13. The fourth-order valence-corrected chi connectivity index (χ4v) is 3.74. The van der Waals surface area contributed by atoms with Gasteiger partial charge in [-0.25, -0.2) is 4.98 Å². The molecule has 0 spiro atoms. The molecule has 0 saturated heterocycles. The standard InChI is InChI=1S/C14H18ClN3S2/c1-9(2)7-16-8-11-5-4-6-12(15)13(11)19-14-17-10(3)18-20-14/h4-6,9,16H,7-8H2,1-3H3. The van der Waals surface area contributed by atoms with Gasteiger partial charge in [-0.05, 0) is 42.5 Å². The van der Waals surface area contributed by atoms with Crippen LogP contribution in [0.2, 0.25) is 5.02 Å². The van der Waals surface area contributed by atoms with Crippen LogP contribution in [0.4, 0.5) is 0 Å². The zero-order chi connectivity index (χ0) is 14.5. The first-order chi connectivity index (χ1) is 9.56. The normalized spacial score (nSPS) is 11.2. The molecule has 1 aromatic carbocycles. The highest BCUT2D eigenvalue weighted by molar-refractivity contribution is 8.01. The molecule has 0 aliphatic rings. The second-order valence-electron chi connectivity index (χ2n) is 4.96. The summed E-state index contributed by atoms with van der Waals surface area (Å²) in [6.07, 6.45) is 0. The summed E-state index contributed by atoms with van der Waals surface area (Å²) in [5, 5.41) is 4.23. The number of nitrogens with one attached hydrogen (secondary N) is 1. The number of halogens is 1. The molecule has 0 aliphatic carbocycles. The SMILES string of the molecule is Cc1nsc(Sc2c(Cl)cccc2CNCC(C)C)n1. The van der Waals surface area contributed by atoms with E-state index in [9.17, 15) is 0 Å². The molecule has 2 rings (SSSR count). The van der Waals surface area contributed by atoms with E-state index < -0.39 is 0 Å². The van der Waals surface area contributed by atoms with Gasteiger partial charge in [0.2, 0.25) is 0 Å². The molecule has 6 heteroatoms. The lowest BCUT2D eigenvalue weighted by atomic mass is 10.2. The monoisotopic (exact) mass is 327 g/mol. The Bertz CT molecular complexity index is 569. The van der Waals surface area contributed by atoms with Crippen LogP contribution < -0.4 is 5.32 Å². The van der Waals surface area contributed by atoms with Gasteiger partial charge in [0.25, 0.3) is 0 Å². The van der Waals surface area contributed by atoms with Gasteiger partial charge < -0.3 is 5.32 Å². The van der Waals surface area contributed by atoms with Crippen molar-refractivity contribution in [3.8, 4) is 0 Å². The van der Waals surface area contributed by atoms with Crippen molar-refractivity contribution in [1.29, 1.82) is 0 Å². The van der Waals surface area contributed by atoms with Gasteiger partial charge in [-0.3, -0.25) is 0 Å². The van der Waals surface area contributed by atoms with Crippen LogP contribution in [0.25, 0.3) is 0 Å². The van der Waals surface area contributed by atoms with Crippen LogP contribution in [0.3, 0.4) is 0 Å². The molecule has 108 valence electrons. The van der Waals surface area contributed by atoms with Gasteiger partial charge in [-0.15, -0.1) is 0 Å². The van der Waals surface area contributed by atoms with Gasteiger partial charge in [-0.2, -0.15) is 4.37 Å². The predicted molar refractivity (Wildman–Crippen MR) is 86.8 cm³/mol. The summed E-state index contributed by atoms with van der Waals surface area (Å²) < 4.78 is 5.14. The van der Waals surface area contributed by atoms with Gasteiger partial charge in [0.05, 0.1) is 5.02 Å². The first kappa shape index (κ1) is 15.8. The van der Waals surface area contributed by atoms with Crippen molar-refractivity contribution in [2.75, 3.05) is 6.54 Å². The van der Waals surface area contributed by atoms with Crippen LogP contribution in [0, 0.1) is 12.8 Å². The van der Waals surface area contributed by atoms with E-state index in [0.29, 0.717) is 5.92 Å². The van der Waals surface area contributed by atoms with Gasteiger partial charge in [0.1, 0.15) is 5.82 Å². The fourth-order valence-electron chi connectivity index (χ4n) is 1.71. The maximum Gasteiger partial charge on any atom is 0.174 e. The van der Waals surface area contributed by atoms with Crippen molar-refractivity contribution in [1.82, 2.24) is 14.7 Å². The van der Waals surface area contributed by atoms with Gasteiger partial charge in [-0.1, -0.05) is 49.3 Å². The number of hydrogen-bond donors (Lipinski definition) is 1. The Morgan fingerprint density at radius 1 is 1.40 bits per heavy atom. The van der Waals surface area contributed by atoms with Gasteiger partial charge in [0.15, 0.2) is 4.34 Å². The average molecular weight is 328 g/mol. The number of rotatable bonds is 6.